The van der Waals surface area contributed by atoms with E-state index in [1.807, 2.05) is 0 Å². The molecule has 0 fully saturated rings. The molecule has 116 valence electrons. The zero-order valence-corrected chi connectivity index (χ0v) is 13.7. The molecule has 0 amide bonds. The number of esters is 1. The third-order valence-electron chi connectivity index (χ3n) is 2.61. The highest BCUT2D eigenvalue weighted by Crippen LogP contribution is 2.18. The van der Waals surface area contributed by atoms with Crippen molar-refractivity contribution in [3.05, 3.63) is 57.3 Å². The fourth-order valence-electron chi connectivity index (χ4n) is 1.57. The Morgan fingerprint density at radius 1 is 1.00 bits per heavy atom. The highest BCUT2D eigenvalue weighted by molar-refractivity contribution is 6.34. The van der Waals surface area contributed by atoms with Gasteiger partial charge in [0.1, 0.15) is 10.9 Å². The monoisotopic (exact) mass is 359 g/mol. The summed E-state index contributed by atoms with van der Waals surface area (Å²) in [7, 11) is 0. The van der Waals surface area contributed by atoms with Crippen molar-refractivity contribution in [2.75, 3.05) is 13.2 Å². The smallest absolute Gasteiger partial charge is 0.358 e. The summed E-state index contributed by atoms with van der Waals surface area (Å²) >= 11 is 17.4. The van der Waals surface area contributed by atoms with E-state index in [0.29, 0.717) is 23.8 Å². The van der Waals surface area contributed by atoms with Crippen LogP contribution in [-0.2, 0) is 4.74 Å². The molecule has 0 aliphatic rings. The molecule has 0 saturated carbocycles. The fourth-order valence-corrected chi connectivity index (χ4v) is 2.03. The summed E-state index contributed by atoms with van der Waals surface area (Å²) in [5.74, 6) is 0.0919. The van der Waals surface area contributed by atoms with Crippen LogP contribution in [0.15, 0.2) is 36.4 Å². The van der Waals surface area contributed by atoms with Crippen molar-refractivity contribution in [3.63, 3.8) is 0 Å². The molecule has 0 spiro atoms. The Bertz CT molecular complexity index is 647. The molecule has 7 heteroatoms. The van der Waals surface area contributed by atoms with Gasteiger partial charge in [0, 0.05) is 11.4 Å². The number of hydrogen-bond acceptors (Lipinski definition) is 4. The molecule has 1 aromatic heterocycles. The van der Waals surface area contributed by atoms with E-state index in [4.69, 9.17) is 44.3 Å². The van der Waals surface area contributed by atoms with Crippen LogP contribution in [0, 0.1) is 0 Å². The van der Waals surface area contributed by atoms with Crippen LogP contribution in [0.1, 0.15) is 16.9 Å². The molecule has 0 bridgehead atoms. The summed E-state index contributed by atoms with van der Waals surface area (Å²) in [6.07, 6.45) is 0.534. The van der Waals surface area contributed by atoms with E-state index in [0.717, 1.165) is 0 Å². The molecule has 4 nitrogen and oxygen atoms in total. The Morgan fingerprint density at radius 2 is 1.73 bits per heavy atom. The van der Waals surface area contributed by atoms with Gasteiger partial charge in [-0.2, -0.15) is 0 Å². The van der Waals surface area contributed by atoms with Crippen molar-refractivity contribution in [3.8, 4) is 5.75 Å². The second-order valence-corrected chi connectivity index (χ2v) is 5.49. The first-order chi connectivity index (χ1) is 10.6. The van der Waals surface area contributed by atoms with Crippen LogP contribution in [0.5, 0.6) is 5.75 Å². The van der Waals surface area contributed by atoms with E-state index in [9.17, 15) is 4.79 Å². The van der Waals surface area contributed by atoms with E-state index in [-0.39, 0.29) is 22.5 Å². The molecule has 0 N–H and O–H groups in total. The second kappa shape index (κ2) is 8.22. The topological polar surface area (TPSA) is 48.4 Å². The van der Waals surface area contributed by atoms with Crippen molar-refractivity contribution >= 4 is 40.8 Å². The number of benzene rings is 1. The summed E-state index contributed by atoms with van der Waals surface area (Å²) < 4.78 is 10.6. The van der Waals surface area contributed by atoms with Gasteiger partial charge in [0.05, 0.1) is 18.2 Å². The second-order valence-electron chi connectivity index (χ2n) is 4.26. The maximum absolute atomic E-state index is 11.8. The molecular formula is C15H12Cl3NO3. The maximum Gasteiger partial charge on any atom is 0.358 e. The van der Waals surface area contributed by atoms with Crippen molar-refractivity contribution < 1.29 is 14.3 Å². The highest BCUT2D eigenvalue weighted by Gasteiger charge is 2.14. The number of carbonyl (C=O) groups excluding carboxylic acids is 1. The zero-order chi connectivity index (χ0) is 15.9. The Morgan fingerprint density at radius 3 is 2.45 bits per heavy atom. The summed E-state index contributed by atoms with van der Waals surface area (Å²) in [5.41, 5.74) is 0.00721. The molecule has 2 rings (SSSR count). The number of aromatic nitrogens is 1. The van der Waals surface area contributed by atoms with Crippen LogP contribution in [0.3, 0.4) is 0 Å². The van der Waals surface area contributed by atoms with E-state index in [1.165, 1.54) is 12.1 Å². The number of pyridine rings is 1. The average Bonchev–Trinajstić information content (AvgIpc) is 2.51. The molecule has 22 heavy (non-hydrogen) atoms. The lowest BCUT2D eigenvalue weighted by Crippen LogP contribution is -2.11. The fraction of sp³-hybridized carbons (Fsp3) is 0.200. The van der Waals surface area contributed by atoms with Gasteiger partial charge in [-0.3, -0.25) is 0 Å². The Labute approximate surface area is 142 Å². The maximum atomic E-state index is 11.8. The zero-order valence-electron chi connectivity index (χ0n) is 11.4. The molecule has 0 atom stereocenters. The van der Waals surface area contributed by atoms with Gasteiger partial charge in [-0.05, 0) is 36.4 Å². The number of carbonyl (C=O) groups is 1. The highest BCUT2D eigenvalue weighted by atomic mass is 35.5. The van der Waals surface area contributed by atoms with Crippen LogP contribution in [0.25, 0.3) is 0 Å². The molecule has 0 radical (unpaired) electrons. The predicted molar refractivity (Wildman–Crippen MR) is 86.1 cm³/mol. The summed E-state index contributed by atoms with van der Waals surface area (Å²) in [4.78, 5) is 15.6. The molecule has 0 aliphatic carbocycles. The van der Waals surface area contributed by atoms with Gasteiger partial charge >= 0.3 is 5.97 Å². The first kappa shape index (κ1) is 16.9. The average molecular weight is 361 g/mol. The first-order valence-electron chi connectivity index (χ1n) is 6.44. The van der Waals surface area contributed by atoms with Gasteiger partial charge in [0.25, 0.3) is 0 Å². The third kappa shape index (κ3) is 5.05. The van der Waals surface area contributed by atoms with Crippen molar-refractivity contribution in [1.82, 2.24) is 4.98 Å². The van der Waals surface area contributed by atoms with E-state index in [2.05, 4.69) is 4.98 Å². The van der Waals surface area contributed by atoms with Crippen LogP contribution in [0.4, 0.5) is 0 Å². The van der Waals surface area contributed by atoms with E-state index < -0.39 is 5.97 Å². The van der Waals surface area contributed by atoms with Gasteiger partial charge in [-0.1, -0.05) is 34.8 Å². The standard InChI is InChI=1S/C15H12Cl3NO3/c16-10-2-4-11(5-3-10)21-8-1-9-22-15(20)14-12(17)6-7-13(18)19-14/h2-7H,1,8-9H2. The quantitative estimate of drug-likeness (QED) is 0.427. The summed E-state index contributed by atoms with van der Waals surface area (Å²) in [6, 6.07) is 10.0. The third-order valence-corrected chi connectivity index (χ3v) is 3.38. The Kier molecular flexibility index (Phi) is 6.31. The lowest BCUT2D eigenvalue weighted by Gasteiger charge is -2.07. The minimum atomic E-state index is -0.612. The normalized spacial score (nSPS) is 10.3. The molecule has 2 aromatic rings. The number of halogens is 3. The molecule has 1 heterocycles. The van der Waals surface area contributed by atoms with Crippen LogP contribution in [0.2, 0.25) is 15.2 Å². The molecule has 0 saturated heterocycles. The lowest BCUT2D eigenvalue weighted by atomic mass is 10.3. The molecule has 0 unspecified atom stereocenters. The van der Waals surface area contributed by atoms with Gasteiger partial charge in [-0.15, -0.1) is 0 Å². The first-order valence-corrected chi connectivity index (χ1v) is 7.57. The van der Waals surface area contributed by atoms with Crippen LogP contribution >= 0.6 is 34.8 Å². The lowest BCUT2D eigenvalue weighted by molar-refractivity contribution is 0.0479. The molecule has 0 aliphatic heterocycles. The van der Waals surface area contributed by atoms with Gasteiger partial charge in [0.2, 0.25) is 0 Å². The van der Waals surface area contributed by atoms with Crippen molar-refractivity contribution in [1.29, 1.82) is 0 Å². The predicted octanol–water partition coefficient (Wildman–Crippen LogP) is 4.67. The molecular weight excluding hydrogens is 349 g/mol. The van der Waals surface area contributed by atoms with Gasteiger partial charge < -0.3 is 9.47 Å². The number of rotatable bonds is 6. The number of ether oxygens (including phenoxy) is 2. The Hall–Kier alpha value is -1.49. The van der Waals surface area contributed by atoms with Gasteiger partial charge in [0.15, 0.2) is 5.69 Å². The Balaban J connectivity index is 1.73. The minimum absolute atomic E-state index is 0.00721. The van der Waals surface area contributed by atoms with Crippen molar-refractivity contribution in [2.24, 2.45) is 0 Å². The van der Waals surface area contributed by atoms with Crippen LogP contribution < -0.4 is 4.74 Å². The van der Waals surface area contributed by atoms with Crippen LogP contribution in [-0.4, -0.2) is 24.2 Å². The minimum Gasteiger partial charge on any atom is -0.493 e. The van der Waals surface area contributed by atoms with Crippen molar-refractivity contribution in [2.45, 2.75) is 6.42 Å². The largest absolute Gasteiger partial charge is 0.493 e. The summed E-state index contributed by atoms with van der Waals surface area (Å²) in [6.45, 7) is 0.600. The van der Waals surface area contributed by atoms with E-state index >= 15 is 0 Å². The SMILES string of the molecule is O=C(OCCCOc1ccc(Cl)cc1)c1nc(Cl)ccc1Cl. The number of nitrogens with zero attached hydrogens (tertiary/aromatic N) is 1. The molecule has 1 aromatic carbocycles. The number of hydrogen-bond donors (Lipinski definition) is 0. The van der Waals surface area contributed by atoms with E-state index in [1.54, 1.807) is 24.3 Å². The van der Waals surface area contributed by atoms with Gasteiger partial charge in [-0.25, -0.2) is 9.78 Å². The summed E-state index contributed by atoms with van der Waals surface area (Å²) in [5, 5.41) is 1.03.